The third-order valence-corrected chi connectivity index (χ3v) is 2.49. The number of hydrogen-bond acceptors (Lipinski definition) is 4. The molecular weight excluding hydrogens is 288 g/mol. The number of methoxy groups -OCH3 is 1. The predicted octanol–water partition coefficient (Wildman–Crippen LogP) is 2.20. The van der Waals surface area contributed by atoms with Crippen LogP contribution in [0, 0.1) is 0 Å². The molecule has 0 radical (unpaired) electrons. The summed E-state index contributed by atoms with van der Waals surface area (Å²) in [5.41, 5.74) is -0.651. The smallest absolute Gasteiger partial charge is 0.311 e. The molecule has 0 unspecified atom stereocenters. The molecule has 0 saturated heterocycles. The first-order valence-electron chi connectivity index (χ1n) is 4.19. The van der Waals surface area contributed by atoms with Gasteiger partial charge in [0, 0.05) is 4.47 Å². The third-order valence-electron chi connectivity index (χ3n) is 1.80. The largest absolute Gasteiger partial charge is 0.506 e. The van der Waals surface area contributed by atoms with E-state index in [1.54, 1.807) is 0 Å². The Morgan fingerprint density at radius 1 is 1.69 bits per heavy atom. The Bertz CT molecular complexity index is 412. The number of esters is 1. The van der Waals surface area contributed by atoms with E-state index in [0.29, 0.717) is 0 Å². The Morgan fingerprint density at radius 3 is 2.81 bits per heavy atom. The fourth-order valence-corrected chi connectivity index (χ4v) is 1.47. The minimum atomic E-state index is -2.90. The van der Waals surface area contributed by atoms with Gasteiger partial charge >= 0.3 is 5.97 Å². The molecule has 0 amide bonds. The van der Waals surface area contributed by atoms with Crippen LogP contribution in [-0.4, -0.2) is 23.2 Å². The highest BCUT2D eigenvalue weighted by molar-refractivity contribution is 9.10. The van der Waals surface area contributed by atoms with E-state index in [1.165, 1.54) is 7.11 Å². The van der Waals surface area contributed by atoms with Gasteiger partial charge in [-0.3, -0.25) is 4.79 Å². The summed E-state index contributed by atoms with van der Waals surface area (Å²) < 4.78 is 29.5. The number of pyridine rings is 1. The molecule has 0 bridgehead atoms. The molecule has 0 fully saturated rings. The van der Waals surface area contributed by atoms with Gasteiger partial charge in [0.25, 0.3) is 6.43 Å². The van der Waals surface area contributed by atoms with E-state index in [-0.39, 0.29) is 16.6 Å². The van der Waals surface area contributed by atoms with E-state index in [2.05, 4.69) is 25.7 Å². The molecule has 1 aromatic rings. The van der Waals surface area contributed by atoms with Crippen molar-refractivity contribution in [2.75, 3.05) is 7.11 Å². The lowest BCUT2D eigenvalue weighted by Gasteiger charge is -2.07. The van der Waals surface area contributed by atoms with Gasteiger partial charge in [-0.2, -0.15) is 0 Å². The minimum Gasteiger partial charge on any atom is -0.506 e. The van der Waals surface area contributed by atoms with Crippen LogP contribution in [0.1, 0.15) is 17.8 Å². The second-order valence-corrected chi connectivity index (χ2v) is 3.73. The van der Waals surface area contributed by atoms with Gasteiger partial charge in [0.1, 0.15) is 11.4 Å². The Morgan fingerprint density at radius 2 is 2.31 bits per heavy atom. The van der Waals surface area contributed by atoms with Crippen LogP contribution in [0.3, 0.4) is 0 Å². The van der Waals surface area contributed by atoms with E-state index in [0.717, 1.165) is 6.07 Å². The summed E-state index contributed by atoms with van der Waals surface area (Å²) in [7, 11) is 1.19. The maximum Gasteiger partial charge on any atom is 0.311 e. The summed E-state index contributed by atoms with van der Waals surface area (Å²) in [5.74, 6) is -1.21. The molecule has 0 spiro atoms. The molecule has 4 nitrogen and oxygen atoms in total. The fourth-order valence-electron chi connectivity index (χ4n) is 1.03. The van der Waals surface area contributed by atoms with Crippen LogP contribution in [0.15, 0.2) is 10.5 Å². The molecule has 0 atom stereocenters. The van der Waals surface area contributed by atoms with Crippen molar-refractivity contribution in [3.8, 4) is 5.75 Å². The number of halogens is 3. The van der Waals surface area contributed by atoms with E-state index < -0.39 is 23.8 Å². The molecule has 1 rings (SSSR count). The maximum absolute atomic E-state index is 12.4. The highest BCUT2D eigenvalue weighted by atomic mass is 79.9. The van der Waals surface area contributed by atoms with Crippen molar-refractivity contribution in [3.05, 3.63) is 21.9 Å². The fraction of sp³-hybridized carbons (Fsp3) is 0.333. The first-order valence-corrected chi connectivity index (χ1v) is 4.98. The first-order chi connectivity index (χ1) is 7.45. The van der Waals surface area contributed by atoms with E-state index in [4.69, 9.17) is 0 Å². The summed E-state index contributed by atoms with van der Waals surface area (Å²) in [4.78, 5) is 14.5. The summed E-state index contributed by atoms with van der Waals surface area (Å²) >= 11 is 3.01. The Labute approximate surface area is 98.4 Å². The van der Waals surface area contributed by atoms with Crippen molar-refractivity contribution in [1.29, 1.82) is 0 Å². The predicted molar refractivity (Wildman–Crippen MR) is 54.3 cm³/mol. The molecule has 1 aromatic heterocycles. The maximum atomic E-state index is 12.4. The highest BCUT2D eigenvalue weighted by Crippen LogP contribution is 2.30. The number of hydrogen-bond donors (Lipinski definition) is 1. The molecule has 16 heavy (non-hydrogen) atoms. The van der Waals surface area contributed by atoms with E-state index in [1.807, 2.05) is 0 Å². The molecule has 1 N–H and O–H groups in total. The molecule has 0 aliphatic carbocycles. The lowest BCUT2D eigenvalue weighted by atomic mass is 10.2. The van der Waals surface area contributed by atoms with E-state index in [9.17, 15) is 18.7 Å². The second-order valence-electron chi connectivity index (χ2n) is 2.87. The second kappa shape index (κ2) is 5.20. The van der Waals surface area contributed by atoms with Crippen LogP contribution in [0.2, 0.25) is 0 Å². The molecular formula is C9H8BrF2NO3. The number of aromatic hydroxyl groups is 1. The number of carbonyl (C=O) groups excluding carboxylic acids is 1. The Kier molecular flexibility index (Phi) is 4.17. The number of aromatic nitrogens is 1. The summed E-state index contributed by atoms with van der Waals surface area (Å²) in [6, 6.07) is 1.08. The van der Waals surface area contributed by atoms with Crippen LogP contribution in [-0.2, 0) is 16.0 Å². The van der Waals surface area contributed by atoms with Crippen LogP contribution >= 0.6 is 15.9 Å². The third kappa shape index (κ3) is 2.88. The number of ether oxygens (including phenoxy) is 1. The topological polar surface area (TPSA) is 59.4 Å². The monoisotopic (exact) mass is 295 g/mol. The number of alkyl halides is 2. The van der Waals surface area contributed by atoms with Crippen LogP contribution in [0.5, 0.6) is 5.75 Å². The lowest BCUT2D eigenvalue weighted by Crippen LogP contribution is -2.08. The number of rotatable bonds is 3. The molecule has 0 aromatic carbocycles. The zero-order valence-electron chi connectivity index (χ0n) is 8.21. The van der Waals surface area contributed by atoms with Crippen LogP contribution in [0.4, 0.5) is 8.78 Å². The summed E-state index contributed by atoms with van der Waals surface area (Å²) in [6.45, 7) is 0. The van der Waals surface area contributed by atoms with Gasteiger partial charge in [-0.25, -0.2) is 13.8 Å². The zero-order valence-corrected chi connectivity index (χ0v) is 9.79. The zero-order chi connectivity index (χ0) is 12.3. The SMILES string of the molecule is COC(=O)Cc1nc(C(F)F)c(O)cc1Br. The van der Waals surface area contributed by atoms with Crippen molar-refractivity contribution in [3.63, 3.8) is 0 Å². The van der Waals surface area contributed by atoms with Crippen molar-refractivity contribution in [2.45, 2.75) is 12.8 Å². The van der Waals surface area contributed by atoms with Crippen molar-refractivity contribution < 1.29 is 23.4 Å². The number of nitrogens with zero attached hydrogens (tertiary/aromatic N) is 1. The molecule has 0 aliphatic rings. The normalized spacial score (nSPS) is 10.6. The molecule has 0 saturated carbocycles. The van der Waals surface area contributed by atoms with Gasteiger partial charge in [-0.1, -0.05) is 0 Å². The highest BCUT2D eigenvalue weighted by Gasteiger charge is 2.19. The average Bonchev–Trinajstić information content (AvgIpc) is 2.21. The van der Waals surface area contributed by atoms with Crippen molar-refractivity contribution in [2.24, 2.45) is 0 Å². The van der Waals surface area contributed by atoms with Crippen molar-refractivity contribution in [1.82, 2.24) is 4.98 Å². The van der Waals surface area contributed by atoms with Crippen LogP contribution < -0.4 is 0 Å². The van der Waals surface area contributed by atoms with Crippen molar-refractivity contribution >= 4 is 21.9 Å². The van der Waals surface area contributed by atoms with Gasteiger partial charge in [0.05, 0.1) is 19.2 Å². The molecule has 0 aliphatic heterocycles. The molecule has 88 valence electrons. The van der Waals surface area contributed by atoms with Gasteiger partial charge in [0.2, 0.25) is 0 Å². The Balaban J connectivity index is 3.09. The van der Waals surface area contributed by atoms with Gasteiger partial charge in [0.15, 0.2) is 0 Å². The van der Waals surface area contributed by atoms with Gasteiger partial charge in [-0.05, 0) is 22.0 Å². The molecule has 1 heterocycles. The van der Waals surface area contributed by atoms with Gasteiger partial charge in [-0.15, -0.1) is 0 Å². The van der Waals surface area contributed by atoms with Crippen LogP contribution in [0.25, 0.3) is 0 Å². The standard InChI is InChI=1S/C9H8BrF2NO3/c1-16-7(15)3-5-4(10)2-6(14)8(13-5)9(11)12/h2,9,14H,3H2,1H3. The average molecular weight is 296 g/mol. The Hall–Kier alpha value is -1.24. The quantitative estimate of drug-likeness (QED) is 0.869. The van der Waals surface area contributed by atoms with E-state index >= 15 is 0 Å². The summed E-state index contributed by atoms with van der Waals surface area (Å²) in [5, 5.41) is 9.19. The first kappa shape index (κ1) is 12.8. The van der Waals surface area contributed by atoms with Gasteiger partial charge < -0.3 is 9.84 Å². The molecule has 7 heteroatoms. The summed E-state index contributed by atoms with van der Waals surface area (Å²) in [6.07, 6.45) is -3.14. The number of carbonyl (C=O) groups is 1. The minimum absolute atomic E-state index is 0.0972. The lowest BCUT2D eigenvalue weighted by molar-refractivity contribution is -0.139.